The van der Waals surface area contributed by atoms with E-state index in [4.69, 9.17) is 10.7 Å². The van der Waals surface area contributed by atoms with Gasteiger partial charge in [0.25, 0.3) is 0 Å². The van der Waals surface area contributed by atoms with Gasteiger partial charge in [-0.1, -0.05) is 69.4 Å². The number of carbonyl (C=O) groups is 1. The number of carbonyl (C=O) groups excluding carboxylic acids is 1. The summed E-state index contributed by atoms with van der Waals surface area (Å²) in [5, 5.41) is 12.4. The van der Waals surface area contributed by atoms with E-state index >= 15 is 0 Å². The SMILES string of the molecule is CC1C=C(c2cnc(NC(=O)Cc3ccc(O)cc3)c(CC3CCCCC3)n2)C=CC1N. The molecule has 1 aromatic heterocycles. The van der Waals surface area contributed by atoms with Crippen LogP contribution >= 0.6 is 0 Å². The number of aromatic nitrogens is 2. The summed E-state index contributed by atoms with van der Waals surface area (Å²) in [6, 6.07) is 6.70. The molecule has 1 fully saturated rings. The van der Waals surface area contributed by atoms with Gasteiger partial charge in [0.05, 0.1) is 24.0 Å². The number of phenols is 1. The van der Waals surface area contributed by atoms with E-state index in [-0.39, 0.29) is 30.0 Å². The third-order valence-electron chi connectivity index (χ3n) is 6.45. The highest BCUT2D eigenvalue weighted by Gasteiger charge is 2.21. The van der Waals surface area contributed by atoms with Crippen molar-refractivity contribution in [1.29, 1.82) is 0 Å². The Labute approximate surface area is 189 Å². The number of benzene rings is 1. The van der Waals surface area contributed by atoms with E-state index in [1.807, 2.05) is 12.2 Å². The molecule has 2 unspecified atom stereocenters. The largest absolute Gasteiger partial charge is 0.508 e. The van der Waals surface area contributed by atoms with Crippen LogP contribution in [-0.2, 0) is 17.6 Å². The van der Waals surface area contributed by atoms with Crippen LogP contribution in [0.1, 0.15) is 56.0 Å². The van der Waals surface area contributed by atoms with Crippen LogP contribution in [0.4, 0.5) is 5.82 Å². The highest BCUT2D eigenvalue weighted by molar-refractivity contribution is 5.92. The smallest absolute Gasteiger partial charge is 0.229 e. The maximum atomic E-state index is 12.7. The van der Waals surface area contributed by atoms with Crippen LogP contribution in [0.15, 0.2) is 48.7 Å². The maximum Gasteiger partial charge on any atom is 0.229 e. The van der Waals surface area contributed by atoms with Crippen molar-refractivity contribution in [3.8, 4) is 5.75 Å². The summed E-state index contributed by atoms with van der Waals surface area (Å²) in [5.74, 6) is 1.41. The Balaban J connectivity index is 1.55. The Kier molecular flexibility index (Phi) is 7.00. The normalized spacial score (nSPS) is 21.2. The third-order valence-corrected chi connectivity index (χ3v) is 6.45. The first-order valence-corrected chi connectivity index (χ1v) is 11.6. The van der Waals surface area contributed by atoms with Crippen LogP contribution in [0.5, 0.6) is 5.75 Å². The molecule has 6 heteroatoms. The first kappa shape index (κ1) is 22.2. The summed E-state index contributed by atoms with van der Waals surface area (Å²) >= 11 is 0. The van der Waals surface area contributed by atoms with E-state index in [2.05, 4.69) is 23.3 Å². The number of nitrogens with one attached hydrogen (secondary N) is 1. The number of hydrogen-bond acceptors (Lipinski definition) is 5. The van der Waals surface area contributed by atoms with Crippen molar-refractivity contribution in [1.82, 2.24) is 9.97 Å². The van der Waals surface area contributed by atoms with Gasteiger partial charge in [0.1, 0.15) is 5.75 Å². The average Bonchev–Trinajstić information content (AvgIpc) is 2.79. The molecule has 2 aliphatic carbocycles. The molecule has 168 valence electrons. The molecule has 2 aliphatic rings. The van der Waals surface area contributed by atoms with E-state index < -0.39 is 0 Å². The van der Waals surface area contributed by atoms with Crippen molar-refractivity contribution in [3.05, 3.63) is 65.6 Å². The second kappa shape index (κ2) is 10.1. The van der Waals surface area contributed by atoms with Gasteiger partial charge < -0.3 is 16.2 Å². The van der Waals surface area contributed by atoms with Crippen LogP contribution in [0.25, 0.3) is 5.57 Å². The predicted octanol–water partition coefficient (Wildman–Crippen LogP) is 4.40. The van der Waals surface area contributed by atoms with Crippen molar-refractivity contribution in [3.63, 3.8) is 0 Å². The van der Waals surface area contributed by atoms with E-state index in [0.29, 0.717) is 11.7 Å². The lowest BCUT2D eigenvalue weighted by Crippen LogP contribution is -2.26. The van der Waals surface area contributed by atoms with Crippen LogP contribution in [-0.4, -0.2) is 27.0 Å². The topological polar surface area (TPSA) is 101 Å². The number of anilines is 1. The van der Waals surface area contributed by atoms with E-state index in [9.17, 15) is 9.90 Å². The molecule has 1 amide bonds. The van der Waals surface area contributed by atoms with Gasteiger partial charge in [-0.15, -0.1) is 0 Å². The fraction of sp³-hybridized carbons (Fsp3) is 0.423. The number of nitrogens with two attached hydrogens (primary N) is 1. The minimum absolute atomic E-state index is 0.0203. The molecule has 1 saturated carbocycles. The number of hydrogen-bond donors (Lipinski definition) is 3. The molecular weight excluding hydrogens is 400 g/mol. The Hall–Kier alpha value is -2.99. The molecule has 4 rings (SSSR count). The number of rotatable bonds is 6. The number of phenolic OH excluding ortho intramolecular Hbond substituents is 1. The van der Waals surface area contributed by atoms with Crippen molar-refractivity contribution in [2.45, 2.75) is 57.9 Å². The Morgan fingerprint density at radius 3 is 2.66 bits per heavy atom. The van der Waals surface area contributed by atoms with E-state index in [1.165, 1.54) is 32.1 Å². The van der Waals surface area contributed by atoms with Crippen LogP contribution in [0.2, 0.25) is 0 Å². The molecule has 2 aromatic rings. The first-order valence-electron chi connectivity index (χ1n) is 11.6. The lowest BCUT2D eigenvalue weighted by atomic mass is 9.86. The molecule has 1 aromatic carbocycles. The molecule has 6 nitrogen and oxygen atoms in total. The third kappa shape index (κ3) is 5.62. The van der Waals surface area contributed by atoms with Crippen LogP contribution < -0.4 is 11.1 Å². The predicted molar refractivity (Wildman–Crippen MR) is 127 cm³/mol. The Morgan fingerprint density at radius 1 is 1.19 bits per heavy atom. The molecular formula is C26H32N4O2. The lowest BCUT2D eigenvalue weighted by Gasteiger charge is -2.23. The Bertz CT molecular complexity index is 1010. The molecule has 0 radical (unpaired) electrons. The molecule has 32 heavy (non-hydrogen) atoms. The van der Waals surface area contributed by atoms with Crippen molar-refractivity contribution < 1.29 is 9.90 Å². The second-order valence-corrected chi connectivity index (χ2v) is 9.07. The zero-order valence-electron chi connectivity index (χ0n) is 18.6. The molecule has 0 bridgehead atoms. The van der Waals surface area contributed by atoms with Crippen molar-refractivity contribution >= 4 is 17.3 Å². The number of amides is 1. The number of nitrogens with zero attached hydrogens (tertiary/aromatic N) is 2. The summed E-state index contributed by atoms with van der Waals surface area (Å²) in [7, 11) is 0. The molecule has 0 aliphatic heterocycles. The summed E-state index contributed by atoms with van der Waals surface area (Å²) in [6.45, 7) is 2.10. The van der Waals surface area contributed by atoms with Gasteiger partial charge >= 0.3 is 0 Å². The molecule has 0 spiro atoms. The zero-order chi connectivity index (χ0) is 22.5. The highest BCUT2D eigenvalue weighted by Crippen LogP contribution is 2.30. The van der Waals surface area contributed by atoms with Gasteiger partial charge in [-0.3, -0.25) is 4.79 Å². The van der Waals surface area contributed by atoms with Gasteiger partial charge in [0.15, 0.2) is 5.82 Å². The molecule has 2 atom stereocenters. The second-order valence-electron chi connectivity index (χ2n) is 9.07. The fourth-order valence-corrected chi connectivity index (χ4v) is 4.46. The van der Waals surface area contributed by atoms with Gasteiger partial charge in [-0.05, 0) is 41.5 Å². The van der Waals surface area contributed by atoms with Crippen LogP contribution in [0, 0.1) is 11.8 Å². The quantitative estimate of drug-likeness (QED) is 0.628. The van der Waals surface area contributed by atoms with E-state index in [0.717, 1.165) is 28.9 Å². The van der Waals surface area contributed by atoms with Gasteiger partial charge in [0.2, 0.25) is 5.91 Å². The summed E-state index contributed by atoms with van der Waals surface area (Å²) in [5.41, 5.74) is 9.63. The minimum Gasteiger partial charge on any atom is -0.508 e. The highest BCUT2D eigenvalue weighted by atomic mass is 16.3. The summed E-state index contributed by atoms with van der Waals surface area (Å²) in [6.07, 6.45) is 15.1. The Morgan fingerprint density at radius 2 is 1.94 bits per heavy atom. The number of allylic oxidation sites excluding steroid dienone is 2. The van der Waals surface area contributed by atoms with Gasteiger partial charge in [-0.2, -0.15) is 0 Å². The van der Waals surface area contributed by atoms with E-state index in [1.54, 1.807) is 30.5 Å². The van der Waals surface area contributed by atoms with Crippen molar-refractivity contribution in [2.24, 2.45) is 17.6 Å². The molecule has 4 N–H and O–H groups in total. The first-order chi connectivity index (χ1) is 15.5. The zero-order valence-corrected chi connectivity index (χ0v) is 18.6. The van der Waals surface area contributed by atoms with Crippen LogP contribution in [0.3, 0.4) is 0 Å². The maximum absolute atomic E-state index is 12.7. The lowest BCUT2D eigenvalue weighted by molar-refractivity contribution is -0.115. The van der Waals surface area contributed by atoms with Crippen molar-refractivity contribution in [2.75, 3.05) is 5.32 Å². The van der Waals surface area contributed by atoms with Gasteiger partial charge in [0, 0.05) is 6.04 Å². The fourth-order valence-electron chi connectivity index (χ4n) is 4.46. The minimum atomic E-state index is -0.140. The monoisotopic (exact) mass is 432 g/mol. The summed E-state index contributed by atoms with van der Waals surface area (Å²) in [4.78, 5) is 22.3. The average molecular weight is 433 g/mol. The van der Waals surface area contributed by atoms with Gasteiger partial charge in [-0.25, -0.2) is 9.97 Å². The standard InChI is InChI=1S/C26H32N4O2/c1-17-13-20(9-12-22(17)27)24-16-28-26(23(29-24)14-18-5-3-2-4-6-18)30-25(32)15-19-7-10-21(31)11-8-19/h7-13,16-18,22,31H,2-6,14-15,27H2,1H3,(H,28,30,32). The summed E-state index contributed by atoms with van der Waals surface area (Å²) < 4.78 is 0. The molecule has 1 heterocycles. The number of aromatic hydroxyl groups is 1. The molecule has 0 saturated heterocycles.